The van der Waals surface area contributed by atoms with Crippen LogP contribution >= 0.6 is 0 Å². The molecular formula is C20H25N3O. The summed E-state index contributed by atoms with van der Waals surface area (Å²) in [6, 6.07) is 8.51. The minimum Gasteiger partial charge on any atom is -0.383 e. The van der Waals surface area contributed by atoms with Crippen molar-refractivity contribution in [3.05, 3.63) is 71.2 Å². The van der Waals surface area contributed by atoms with Crippen LogP contribution in [0.15, 0.2) is 48.8 Å². The molecule has 4 nitrogen and oxygen atoms in total. The van der Waals surface area contributed by atoms with E-state index in [9.17, 15) is 0 Å². The van der Waals surface area contributed by atoms with Gasteiger partial charge in [-0.1, -0.05) is 36.4 Å². The molecule has 24 heavy (non-hydrogen) atoms. The van der Waals surface area contributed by atoms with Crippen molar-refractivity contribution in [3.63, 3.8) is 0 Å². The predicted molar refractivity (Wildman–Crippen MR) is 97.6 cm³/mol. The summed E-state index contributed by atoms with van der Waals surface area (Å²) >= 11 is 0. The number of nitrogens with zero attached hydrogens (tertiary/aromatic N) is 3. The molecule has 2 heterocycles. The Morgan fingerprint density at radius 3 is 2.54 bits per heavy atom. The molecule has 4 heteroatoms. The van der Waals surface area contributed by atoms with Crippen molar-refractivity contribution >= 4 is 5.57 Å². The Morgan fingerprint density at radius 1 is 1.25 bits per heavy atom. The highest BCUT2D eigenvalue weighted by Gasteiger charge is 2.32. The van der Waals surface area contributed by atoms with E-state index in [2.05, 4.69) is 56.0 Å². The van der Waals surface area contributed by atoms with Crippen LogP contribution in [-0.2, 0) is 11.8 Å². The summed E-state index contributed by atoms with van der Waals surface area (Å²) in [4.78, 5) is 2.04. The number of benzene rings is 1. The minimum absolute atomic E-state index is 0.0742. The van der Waals surface area contributed by atoms with Crippen molar-refractivity contribution in [3.8, 4) is 0 Å². The SMILES string of the molecule is C=C1/C(=C\N(C)C)c2cnn(C)c2C(c2ccc(C)cc2)OC1C. The maximum atomic E-state index is 6.41. The summed E-state index contributed by atoms with van der Waals surface area (Å²) in [6.45, 7) is 8.44. The quantitative estimate of drug-likeness (QED) is 0.844. The van der Waals surface area contributed by atoms with Gasteiger partial charge in [0.1, 0.15) is 6.10 Å². The third-order valence-electron chi connectivity index (χ3n) is 4.47. The Labute approximate surface area is 144 Å². The molecule has 1 aliphatic heterocycles. The zero-order valence-corrected chi connectivity index (χ0v) is 15.1. The van der Waals surface area contributed by atoms with Gasteiger partial charge in [-0.15, -0.1) is 0 Å². The number of hydrogen-bond acceptors (Lipinski definition) is 3. The second-order valence-electron chi connectivity index (χ2n) is 6.67. The molecule has 2 aromatic rings. The van der Waals surface area contributed by atoms with Crippen LogP contribution in [0.1, 0.15) is 35.4 Å². The normalized spacial score (nSPS) is 22.4. The molecule has 1 aliphatic rings. The van der Waals surface area contributed by atoms with Crippen molar-refractivity contribution in [1.82, 2.24) is 14.7 Å². The van der Waals surface area contributed by atoms with Gasteiger partial charge in [-0.2, -0.15) is 5.10 Å². The molecule has 0 saturated carbocycles. The van der Waals surface area contributed by atoms with E-state index in [4.69, 9.17) is 4.74 Å². The molecule has 0 amide bonds. The lowest BCUT2D eigenvalue weighted by atomic mass is 9.95. The van der Waals surface area contributed by atoms with E-state index in [1.54, 1.807) is 0 Å². The third-order valence-corrected chi connectivity index (χ3v) is 4.47. The first-order valence-electron chi connectivity index (χ1n) is 8.20. The predicted octanol–water partition coefficient (Wildman–Crippen LogP) is 3.70. The summed E-state index contributed by atoms with van der Waals surface area (Å²) < 4.78 is 8.32. The maximum Gasteiger partial charge on any atom is 0.126 e. The van der Waals surface area contributed by atoms with Crippen LogP contribution in [0.25, 0.3) is 5.57 Å². The van der Waals surface area contributed by atoms with Gasteiger partial charge in [0.2, 0.25) is 0 Å². The van der Waals surface area contributed by atoms with E-state index >= 15 is 0 Å². The van der Waals surface area contributed by atoms with E-state index in [0.717, 1.165) is 28.0 Å². The Kier molecular flexibility index (Phi) is 4.33. The van der Waals surface area contributed by atoms with Gasteiger partial charge < -0.3 is 9.64 Å². The first kappa shape index (κ1) is 16.5. The number of aryl methyl sites for hydroxylation is 2. The highest BCUT2D eigenvalue weighted by atomic mass is 16.5. The van der Waals surface area contributed by atoms with E-state index < -0.39 is 0 Å². The molecular weight excluding hydrogens is 298 g/mol. The molecule has 2 unspecified atom stereocenters. The van der Waals surface area contributed by atoms with Crippen molar-refractivity contribution in [2.45, 2.75) is 26.1 Å². The van der Waals surface area contributed by atoms with Crippen molar-refractivity contribution < 1.29 is 4.74 Å². The lowest BCUT2D eigenvalue weighted by Gasteiger charge is -2.21. The molecule has 0 radical (unpaired) electrons. The van der Waals surface area contributed by atoms with Gasteiger partial charge in [-0.05, 0) is 25.0 Å². The van der Waals surface area contributed by atoms with Crippen molar-refractivity contribution in [2.75, 3.05) is 14.1 Å². The second kappa shape index (κ2) is 6.29. The van der Waals surface area contributed by atoms with Gasteiger partial charge >= 0.3 is 0 Å². The van der Waals surface area contributed by atoms with Gasteiger partial charge in [0.05, 0.1) is 18.0 Å². The smallest absolute Gasteiger partial charge is 0.126 e. The molecule has 2 atom stereocenters. The Hall–Kier alpha value is -2.33. The zero-order valence-electron chi connectivity index (χ0n) is 15.1. The van der Waals surface area contributed by atoms with Crippen LogP contribution in [0.5, 0.6) is 0 Å². The van der Waals surface area contributed by atoms with Crippen LogP contribution in [0.2, 0.25) is 0 Å². The minimum atomic E-state index is -0.159. The largest absolute Gasteiger partial charge is 0.383 e. The monoisotopic (exact) mass is 323 g/mol. The Morgan fingerprint density at radius 2 is 1.92 bits per heavy atom. The third kappa shape index (κ3) is 2.89. The Balaban J connectivity index is 2.19. The molecule has 1 aromatic carbocycles. The highest BCUT2D eigenvalue weighted by molar-refractivity contribution is 5.81. The second-order valence-corrected chi connectivity index (χ2v) is 6.67. The summed E-state index contributed by atoms with van der Waals surface area (Å²) in [5, 5.41) is 4.49. The number of fused-ring (bicyclic) bond motifs is 1. The first-order chi connectivity index (χ1) is 11.4. The summed E-state index contributed by atoms with van der Waals surface area (Å²) in [7, 11) is 6.00. The van der Waals surface area contributed by atoms with Gasteiger partial charge in [-0.3, -0.25) is 4.68 Å². The fraction of sp³-hybridized carbons (Fsp3) is 0.350. The summed E-state index contributed by atoms with van der Waals surface area (Å²) in [5.41, 5.74) is 6.60. The summed E-state index contributed by atoms with van der Waals surface area (Å²) in [5.74, 6) is 0. The lowest BCUT2D eigenvalue weighted by molar-refractivity contribution is 0.0405. The molecule has 0 N–H and O–H groups in total. The average molecular weight is 323 g/mol. The number of ether oxygens (including phenoxy) is 1. The molecule has 0 saturated heterocycles. The Bertz CT molecular complexity index is 784. The highest BCUT2D eigenvalue weighted by Crippen LogP contribution is 2.40. The molecule has 0 fully saturated rings. The van der Waals surface area contributed by atoms with E-state index in [1.807, 2.05) is 36.9 Å². The number of aromatic nitrogens is 2. The van der Waals surface area contributed by atoms with Crippen LogP contribution < -0.4 is 0 Å². The fourth-order valence-electron chi connectivity index (χ4n) is 3.10. The number of rotatable bonds is 2. The van der Waals surface area contributed by atoms with E-state index in [-0.39, 0.29) is 12.2 Å². The molecule has 0 spiro atoms. The fourth-order valence-corrected chi connectivity index (χ4v) is 3.10. The maximum absolute atomic E-state index is 6.41. The van der Waals surface area contributed by atoms with Crippen LogP contribution in [0.3, 0.4) is 0 Å². The van der Waals surface area contributed by atoms with Gasteiger partial charge in [-0.25, -0.2) is 0 Å². The van der Waals surface area contributed by atoms with Crippen molar-refractivity contribution in [2.24, 2.45) is 7.05 Å². The zero-order chi connectivity index (χ0) is 17.4. The molecule has 0 bridgehead atoms. The van der Waals surface area contributed by atoms with Crippen molar-refractivity contribution in [1.29, 1.82) is 0 Å². The van der Waals surface area contributed by atoms with Crippen LogP contribution in [0.4, 0.5) is 0 Å². The topological polar surface area (TPSA) is 30.3 Å². The van der Waals surface area contributed by atoms with Gasteiger partial charge in [0.25, 0.3) is 0 Å². The molecule has 3 rings (SSSR count). The lowest BCUT2D eigenvalue weighted by Crippen LogP contribution is -2.16. The van der Waals surface area contributed by atoms with E-state index in [0.29, 0.717) is 0 Å². The molecule has 126 valence electrons. The van der Waals surface area contributed by atoms with Gasteiger partial charge in [0, 0.05) is 38.5 Å². The number of hydrogen-bond donors (Lipinski definition) is 0. The average Bonchev–Trinajstić information content (AvgIpc) is 2.87. The first-order valence-corrected chi connectivity index (χ1v) is 8.20. The molecule has 0 aliphatic carbocycles. The molecule has 1 aromatic heterocycles. The van der Waals surface area contributed by atoms with Gasteiger partial charge in [0.15, 0.2) is 0 Å². The standard InChI is InChI=1S/C20H25N3O/c1-13-7-9-16(10-8-13)20-19-17(11-21-23(19)6)18(12-22(4)5)14(2)15(3)24-20/h7-12,15,20H,2H2,1,3-6H3/b18-12+. The summed E-state index contributed by atoms with van der Waals surface area (Å²) in [6.07, 6.45) is 3.78. The van der Waals surface area contributed by atoms with E-state index in [1.165, 1.54) is 5.56 Å². The van der Waals surface area contributed by atoms with Crippen LogP contribution in [-0.4, -0.2) is 34.9 Å². The van der Waals surface area contributed by atoms with Crippen LogP contribution in [0, 0.1) is 6.92 Å².